The van der Waals surface area contributed by atoms with E-state index in [2.05, 4.69) is 32.3 Å². The van der Waals surface area contributed by atoms with Gasteiger partial charge in [0, 0.05) is 50.9 Å². The largest absolute Gasteiger partial charge is 0.379 e. The third kappa shape index (κ3) is 5.90. The Balaban J connectivity index is 1.49. The lowest BCUT2D eigenvalue weighted by molar-refractivity contribution is 0.0195. The fourth-order valence-electron chi connectivity index (χ4n) is 3.77. The van der Waals surface area contributed by atoms with Crippen LogP contribution in [0.25, 0.3) is 0 Å². The number of carbonyl (C=O) groups is 1. The molecule has 29 heavy (non-hydrogen) atoms. The number of carbonyl (C=O) groups excluding carboxylic acids is 1. The van der Waals surface area contributed by atoms with Crippen molar-refractivity contribution in [3.63, 3.8) is 0 Å². The first-order valence-electron chi connectivity index (χ1n) is 10.5. The molecule has 7 nitrogen and oxygen atoms in total. The molecule has 1 amide bonds. The van der Waals surface area contributed by atoms with Gasteiger partial charge in [-0.1, -0.05) is 6.07 Å². The van der Waals surface area contributed by atoms with E-state index in [0.29, 0.717) is 30.3 Å². The van der Waals surface area contributed by atoms with Crippen LogP contribution in [0.5, 0.6) is 0 Å². The SMILES string of the molecule is CCNC(=NCCNC(=O)c1ccc(C)c(F)c1)N1CCC(N2CCOCC2)C1. The average Bonchev–Trinajstić information content (AvgIpc) is 3.23. The predicted molar refractivity (Wildman–Crippen MR) is 112 cm³/mol. The number of guanidine groups is 1. The first-order chi connectivity index (χ1) is 14.1. The molecule has 2 fully saturated rings. The van der Waals surface area contributed by atoms with Gasteiger partial charge in [0.25, 0.3) is 5.91 Å². The monoisotopic (exact) mass is 405 g/mol. The molecule has 2 N–H and O–H groups in total. The molecule has 2 aliphatic rings. The average molecular weight is 406 g/mol. The predicted octanol–water partition coefficient (Wildman–Crippen LogP) is 1.24. The number of ether oxygens (including phenoxy) is 1. The van der Waals surface area contributed by atoms with E-state index in [1.54, 1.807) is 19.1 Å². The Kier molecular flexibility index (Phi) is 7.83. The summed E-state index contributed by atoms with van der Waals surface area (Å²) < 4.78 is 19.1. The third-order valence-corrected chi connectivity index (χ3v) is 5.45. The number of morpholine rings is 1. The fraction of sp³-hybridized carbons (Fsp3) is 0.619. The van der Waals surface area contributed by atoms with Crippen LogP contribution in [0, 0.1) is 12.7 Å². The summed E-state index contributed by atoms with van der Waals surface area (Å²) >= 11 is 0. The lowest BCUT2D eigenvalue weighted by Crippen LogP contribution is -2.46. The standard InChI is InChI=1S/C21H32FN5O2/c1-3-23-21(27-9-6-18(15-27)26-10-12-29-13-11-26)25-8-7-24-20(28)17-5-4-16(2)19(22)14-17/h4-5,14,18H,3,6-13,15H2,1-2H3,(H,23,25)(H,24,28). The van der Waals surface area contributed by atoms with Gasteiger partial charge < -0.3 is 20.3 Å². The Morgan fingerprint density at radius 3 is 2.79 bits per heavy atom. The minimum Gasteiger partial charge on any atom is -0.379 e. The second kappa shape index (κ2) is 10.5. The number of benzene rings is 1. The van der Waals surface area contributed by atoms with Crippen molar-refractivity contribution in [3.05, 3.63) is 35.1 Å². The van der Waals surface area contributed by atoms with Gasteiger partial charge in [0.15, 0.2) is 5.96 Å². The molecule has 0 aromatic heterocycles. The van der Waals surface area contributed by atoms with E-state index >= 15 is 0 Å². The minimum absolute atomic E-state index is 0.280. The van der Waals surface area contributed by atoms with Crippen LogP contribution in [-0.4, -0.2) is 86.7 Å². The number of nitrogens with zero attached hydrogens (tertiary/aromatic N) is 3. The van der Waals surface area contributed by atoms with Gasteiger partial charge in [0.2, 0.25) is 0 Å². The number of amides is 1. The second-order valence-electron chi connectivity index (χ2n) is 7.49. The maximum atomic E-state index is 13.6. The van der Waals surface area contributed by atoms with Crippen LogP contribution in [0.15, 0.2) is 23.2 Å². The molecular formula is C21H32FN5O2. The molecule has 3 rings (SSSR count). The first-order valence-corrected chi connectivity index (χ1v) is 10.5. The summed E-state index contributed by atoms with van der Waals surface area (Å²) in [5.41, 5.74) is 0.860. The molecule has 2 heterocycles. The van der Waals surface area contributed by atoms with E-state index in [-0.39, 0.29) is 11.7 Å². The molecule has 1 unspecified atom stereocenters. The summed E-state index contributed by atoms with van der Waals surface area (Å²) in [7, 11) is 0. The van der Waals surface area contributed by atoms with Gasteiger partial charge >= 0.3 is 0 Å². The number of aliphatic imine (C=N–C) groups is 1. The van der Waals surface area contributed by atoms with Crippen molar-refractivity contribution < 1.29 is 13.9 Å². The van der Waals surface area contributed by atoms with Crippen molar-refractivity contribution in [2.45, 2.75) is 26.3 Å². The smallest absolute Gasteiger partial charge is 0.251 e. The first kappa shape index (κ1) is 21.5. The van der Waals surface area contributed by atoms with Crippen LogP contribution in [0.3, 0.4) is 0 Å². The number of halogens is 1. The molecule has 1 atom stereocenters. The lowest BCUT2D eigenvalue weighted by atomic mass is 10.1. The van der Waals surface area contributed by atoms with E-state index in [9.17, 15) is 9.18 Å². The summed E-state index contributed by atoms with van der Waals surface area (Å²) in [5, 5.41) is 6.17. The molecule has 1 aromatic carbocycles. The Hall–Kier alpha value is -2.19. The van der Waals surface area contributed by atoms with E-state index in [1.165, 1.54) is 6.07 Å². The van der Waals surface area contributed by atoms with Gasteiger partial charge in [-0.05, 0) is 38.0 Å². The molecule has 8 heteroatoms. The summed E-state index contributed by atoms with van der Waals surface area (Å²) in [6.07, 6.45) is 1.13. The summed E-state index contributed by atoms with van der Waals surface area (Å²) in [4.78, 5) is 21.7. The summed E-state index contributed by atoms with van der Waals surface area (Å²) in [6.45, 7) is 11.0. The second-order valence-corrected chi connectivity index (χ2v) is 7.49. The zero-order valence-corrected chi connectivity index (χ0v) is 17.4. The van der Waals surface area contributed by atoms with Crippen molar-refractivity contribution in [2.24, 2.45) is 4.99 Å². The Morgan fingerprint density at radius 1 is 1.28 bits per heavy atom. The van der Waals surface area contributed by atoms with Crippen molar-refractivity contribution >= 4 is 11.9 Å². The van der Waals surface area contributed by atoms with Crippen molar-refractivity contribution in [3.8, 4) is 0 Å². The van der Waals surface area contributed by atoms with Gasteiger partial charge in [-0.25, -0.2) is 4.39 Å². The molecule has 2 aliphatic heterocycles. The van der Waals surface area contributed by atoms with Crippen LogP contribution < -0.4 is 10.6 Å². The highest BCUT2D eigenvalue weighted by Crippen LogP contribution is 2.17. The normalized spacial score (nSPS) is 20.7. The topological polar surface area (TPSA) is 69.2 Å². The molecule has 0 bridgehead atoms. The minimum atomic E-state index is -0.367. The van der Waals surface area contributed by atoms with Gasteiger partial charge in [0.05, 0.1) is 19.8 Å². The zero-order chi connectivity index (χ0) is 20.6. The van der Waals surface area contributed by atoms with Crippen LogP contribution in [0.2, 0.25) is 0 Å². The summed E-state index contributed by atoms with van der Waals surface area (Å²) in [5.74, 6) is 0.241. The van der Waals surface area contributed by atoms with Crippen LogP contribution in [0.1, 0.15) is 29.3 Å². The number of hydrogen-bond donors (Lipinski definition) is 2. The van der Waals surface area contributed by atoms with E-state index in [4.69, 9.17) is 4.74 Å². The van der Waals surface area contributed by atoms with Gasteiger partial charge in [0.1, 0.15) is 5.82 Å². The van der Waals surface area contributed by atoms with Crippen molar-refractivity contribution in [1.82, 2.24) is 20.4 Å². The molecule has 1 aromatic rings. The van der Waals surface area contributed by atoms with Crippen LogP contribution >= 0.6 is 0 Å². The highest BCUT2D eigenvalue weighted by molar-refractivity contribution is 5.94. The van der Waals surface area contributed by atoms with Gasteiger partial charge in [-0.3, -0.25) is 14.7 Å². The maximum absolute atomic E-state index is 13.6. The number of aryl methyl sites for hydroxylation is 1. The molecule has 160 valence electrons. The fourth-order valence-corrected chi connectivity index (χ4v) is 3.77. The number of rotatable bonds is 6. The third-order valence-electron chi connectivity index (χ3n) is 5.45. The Bertz CT molecular complexity index is 721. The summed E-state index contributed by atoms with van der Waals surface area (Å²) in [6, 6.07) is 5.06. The Labute approximate surface area is 172 Å². The van der Waals surface area contributed by atoms with Crippen LogP contribution in [-0.2, 0) is 4.74 Å². The Morgan fingerprint density at radius 2 is 2.07 bits per heavy atom. The number of hydrogen-bond acceptors (Lipinski definition) is 4. The van der Waals surface area contributed by atoms with Crippen molar-refractivity contribution in [1.29, 1.82) is 0 Å². The molecule has 0 aliphatic carbocycles. The quantitative estimate of drug-likeness (QED) is 0.423. The lowest BCUT2D eigenvalue weighted by Gasteiger charge is -2.32. The van der Waals surface area contributed by atoms with Gasteiger partial charge in [-0.15, -0.1) is 0 Å². The van der Waals surface area contributed by atoms with Gasteiger partial charge in [-0.2, -0.15) is 0 Å². The number of nitrogens with one attached hydrogen (secondary N) is 2. The maximum Gasteiger partial charge on any atom is 0.251 e. The molecule has 0 spiro atoms. The highest BCUT2D eigenvalue weighted by Gasteiger charge is 2.30. The van der Waals surface area contributed by atoms with Crippen LogP contribution in [0.4, 0.5) is 4.39 Å². The highest BCUT2D eigenvalue weighted by atomic mass is 19.1. The number of likely N-dealkylation sites (tertiary alicyclic amines) is 1. The molecular weight excluding hydrogens is 373 g/mol. The van der Waals surface area contributed by atoms with E-state index in [1.807, 2.05) is 0 Å². The van der Waals surface area contributed by atoms with E-state index < -0.39 is 0 Å². The molecule has 0 radical (unpaired) electrons. The molecule has 2 saturated heterocycles. The van der Waals surface area contributed by atoms with E-state index in [0.717, 1.165) is 58.3 Å². The molecule has 0 saturated carbocycles. The van der Waals surface area contributed by atoms with Crippen molar-refractivity contribution in [2.75, 3.05) is 59.0 Å². The zero-order valence-electron chi connectivity index (χ0n) is 17.4.